The van der Waals surface area contributed by atoms with Gasteiger partial charge in [-0.2, -0.15) is 0 Å². The number of hydrogen-bond acceptors (Lipinski definition) is 4. The summed E-state index contributed by atoms with van der Waals surface area (Å²) in [6.45, 7) is 0.969. The van der Waals surface area contributed by atoms with Crippen molar-refractivity contribution < 1.29 is 9.53 Å². The first-order chi connectivity index (χ1) is 9.73. The van der Waals surface area contributed by atoms with Gasteiger partial charge in [0, 0.05) is 18.1 Å². The van der Waals surface area contributed by atoms with Crippen LogP contribution in [0.25, 0.3) is 0 Å². The van der Waals surface area contributed by atoms with Gasteiger partial charge in [0.15, 0.2) is 0 Å². The molecule has 5 nitrogen and oxygen atoms in total. The third kappa shape index (κ3) is 2.64. The fraction of sp³-hybridized carbons (Fsp3) is 0.533. The molecule has 2 aliphatic rings. The van der Waals surface area contributed by atoms with E-state index in [1.165, 1.54) is 0 Å². The fourth-order valence-electron chi connectivity index (χ4n) is 2.95. The Morgan fingerprint density at radius 3 is 2.75 bits per heavy atom. The number of amides is 1. The molecule has 1 heterocycles. The van der Waals surface area contributed by atoms with Gasteiger partial charge in [-0.25, -0.2) is 4.79 Å². The molecule has 1 saturated heterocycles. The average molecular weight is 275 g/mol. The van der Waals surface area contributed by atoms with E-state index < -0.39 is 0 Å². The maximum Gasteiger partial charge on any atom is 0.410 e. The van der Waals surface area contributed by atoms with E-state index in [2.05, 4.69) is 5.43 Å². The highest BCUT2D eigenvalue weighted by Crippen LogP contribution is 2.48. The zero-order valence-corrected chi connectivity index (χ0v) is 11.5. The van der Waals surface area contributed by atoms with Gasteiger partial charge >= 0.3 is 6.09 Å². The smallest absolute Gasteiger partial charge is 0.410 e. The Hall–Kier alpha value is -1.59. The van der Waals surface area contributed by atoms with Gasteiger partial charge in [0.2, 0.25) is 0 Å². The molecule has 5 heteroatoms. The van der Waals surface area contributed by atoms with E-state index in [4.69, 9.17) is 10.6 Å². The van der Waals surface area contributed by atoms with Crippen molar-refractivity contribution >= 4 is 6.09 Å². The molecule has 0 unspecified atom stereocenters. The molecule has 2 fully saturated rings. The predicted octanol–water partition coefficient (Wildman–Crippen LogP) is 1.78. The number of nitrogens with one attached hydrogen (secondary N) is 1. The lowest BCUT2D eigenvalue weighted by Gasteiger charge is -2.39. The second kappa shape index (κ2) is 5.42. The molecule has 3 N–H and O–H groups in total. The first kappa shape index (κ1) is 13.4. The predicted molar refractivity (Wildman–Crippen MR) is 75.6 cm³/mol. The van der Waals surface area contributed by atoms with Crippen molar-refractivity contribution in [2.24, 2.45) is 5.84 Å². The zero-order chi connectivity index (χ0) is 14.0. The van der Waals surface area contributed by atoms with Crippen molar-refractivity contribution in [3.8, 4) is 0 Å². The summed E-state index contributed by atoms with van der Waals surface area (Å²) in [5, 5.41) is 0. The Morgan fingerprint density at radius 2 is 2.10 bits per heavy atom. The number of nitrogens with two attached hydrogens (primary N) is 1. The third-order valence-electron chi connectivity index (χ3n) is 4.42. The summed E-state index contributed by atoms with van der Waals surface area (Å²) in [6, 6.07) is 9.93. The first-order valence-electron chi connectivity index (χ1n) is 7.18. The Labute approximate surface area is 119 Å². The second-order valence-electron chi connectivity index (χ2n) is 5.78. The van der Waals surface area contributed by atoms with Gasteiger partial charge in [-0.05, 0) is 31.2 Å². The molecule has 1 amide bonds. The third-order valence-corrected chi connectivity index (χ3v) is 4.42. The van der Waals surface area contributed by atoms with E-state index in [-0.39, 0.29) is 17.7 Å². The molecule has 1 atom stereocenters. The molecular formula is C15H21N3O2. The first-order valence-corrected chi connectivity index (χ1v) is 7.18. The molecule has 1 spiro atoms. The number of carbonyl (C=O) groups is 1. The van der Waals surface area contributed by atoms with Crippen LogP contribution in [0.3, 0.4) is 0 Å². The van der Waals surface area contributed by atoms with Gasteiger partial charge in [0.25, 0.3) is 0 Å². The van der Waals surface area contributed by atoms with Gasteiger partial charge in [0.05, 0.1) is 0 Å². The number of rotatable bonds is 3. The van der Waals surface area contributed by atoms with Crippen LogP contribution in [-0.4, -0.2) is 29.1 Å². The van der Waals surface area contributed by atoms with Crippen LogP contribution < -0.4 is 11.3 Å². The largest absolute Gasteiger partial charge is 0.445 e. The summed E-state index contributed by atoms with van der Waals surface area (Å²) in [6.07, 6.45) is 4.00. The molecule has 1 aromatic carbocycles. The van der Waals surface area contributed by atoms with Gasteiger partial charge < -0.3 is 9.64 Å². The van der Waals surface area contributed by atoms with Crippen molar-refractivity contribution in [1.29, 1.82) is 0 Å². The number of hydrazine groups is 1. The number of hydrogen-bond donors (Lipinski definition) is 2. The molecule has 20 heavy (non-hydrogen) atoms. The van der Waals surface area contributed by atoms with Crippen LogP contribution in [0, 0.1) is 0 Å². The van der Waals surface area contributed by atoms with Crippen molar-refractivity contribution in [3.63, 3.8) is 0 Å². The summed E-state index contributed by atoms with van der Waals surface area (Å²) < 4.78 is 5.45. The molecule has 3 rings (SSSR count). The average Bonchev–Trinajstić information content (AvgIpc) is 3.26. The minimum atomic E-state index is -0.216. The van der Waals surface area contributed by atoms with E-state index in [9.17, 15) is 4.79 Å². The van der Waals surface area contributed by atoms with E-state index in [1.807, 2.05) is 35.2 Å². The van der Waals surface area contributed by atoms with Gasteiger partial charge in [-0.3, -0.25) is 11.3 Å². The van der Waals surface area contributed by atoms with Gasteiger partial charge in [0.1, 0.15) is 6.61 Å². The quantitative estimate of drug-likeness (QED) is 0.652. The molecule has 0 aromatic heterocycles. The van der Waals surface area contributed by atoms with Gasteiger partial charge in [-0.15, -0.1) is 0 Å². The number of nitrogens with zero attached hydrogens (tertiary/aromatic N) is 1. The number of piperidine rings is 1. The fourth-order valence-corrected chi connectivity index (χ4v) is 2.95. The Kier molecular flexibility index (Phi) is 3.63. The molecule has 0 bridgehead atoms. The van der Waals surface area contributed by atoms with Crippen LogP contribution in [0.5, 0.6) is 0 Å². The van der Waals surface area contributed by atoms with Crippen molar-refractivity contribution in [2.45, 2.75) is 43.9 Å². The van der Waals surface area contributed by atoms with Crippen LogP contribution in [0.15, 0.2) is 30.3 Å². The highest BCUT2D eigenvalue weighted by atomic mass is 16.6. The number of likely N-dealkylation sites (tertiary alicyclic amines) is 1. The zero-order valence-electron chi connectivity index (χ0n) is 11.5. The molecule has 1 aliphatic carbocycles. The van der Waals surface area contributed by atoms with Crippen molar-refractivity contribution in [2.75, 3.05) is 6.54 Å². The van der Waals surface area contributed by atoms with Crippen LogP contribution >= 0.6 is 0 Å². The standard InChI is InChI=1S/C15H21N3O2/c16-17-13-6-7-15(8-9-15)18(10-13)14(19)20-11-12-4-2-1-3-5-12/h1-5,13,17H,6-11,16H2/t13-/m1/s1. The highest BCUT2D eigenvalue weighted by Gasteiger charge is 2.53. The lowest BCUT2D eigenvalue weighted by Crippen LogP contribution is -2.55. The minimum Gasteiger partial charge on any atom is -0.445 e. The summed E-state index contributed by atoms with van der Waals surface area (Å²) >= 11 is 0. The Balaban J connectivity index is 1.60. The van der Waals surface area contributed by atoms with Crippen molar-refractivity contribution in [3.05, 3.63) is 35.9 Å². The number of carbonyl (C=O) groups excluding carboxylic acids is 1. The highest BCUT2D eigenvalue weighted by molar-refractivity contribution is 5.69. The normalized spacial score (nSPS) is 23.6. The van der Waals surface area contributed by atoms with E-state index in [0.29, 0.717) is 13.2 Å². The molecule has 1 aromatic rings. The molecule has 1 aliphatic heterocycles. The van der Waals surface area contributed by atoms with E-state index >= 15 is 0 Å². The van der Waals surface area contributed by atoms with Crippen LogP contribution in [0.4, 0.5) is 4.79 Å². The summed E-state index contributed by atoms with van der Waals surface area (Å²) in [5.41, 5.74) is 3.85. The minimum absolute atomic E-state index is 0.0567. The molecule has 108 valence electrons. The molecule has 1 saturated carbocycles. The monoisotopic (exact) mass is 275 g/mol. The van der Waals surface area contributed by atoms with Crippen molar-refractivity contribution in [1.82, 2.24) is 10.3 Å². The van der Waals surface area contributed by atoms with E-state index in [1.54, 1.807) is 0 Å². The maximum absolute atomic E-state index is 12.3. The maximum atomic E-state index is 12.3. The SMILES string of the molecule is NN[C@@H]1CCC2(CC2)N(C(=O)OCc2ccccc2)C1. The number of ether oxygens (including phenoxy) is 1. The summed E-state index contributed by atoms with van der Waals surface area (Å²) in [7, 11) is 0. The topological polar surface area (TPSA) is 67.6 Å². The van der Waals surface area contributed by atoms with Crippen LogP contribution in [0.2, 0.25) is 0 Å². The lowest BCUT2D eigenvalue weighted by atomic mass is 9.97. The Bertz CT molecular complexity index is 473. The summed E-state index contributed by atoms with van der Waals surface area (Å²) in [5.74, 6) is 5.51. The Morgan fingerprint density at radius 1 is 1.35 bits per heavy atom. The van der Waals surface area contributed by atoms with Crippen LogP contribution in [0.1, 0.15) is 31.2 Å². The van der Waals surface area contributed by atoms with Crippen LogP contribution in [-0.2, 0) is 11.3 Å². The molecular weight excluding hydrogens is 254 g/mol. The van der Waals surface area contributed by atoms with Gasteiger partial charge in [-0.1, -0.05) is 30.3 Å². The lowest BCUT2D eigenvalue weighted by molar-refractivity contribution is 0.0526. The molecule has 0 radical (unpaired) electrons. The number of benzene rings is 1. The summed E-state index contributed by atoms with van der Waals surface area (Å²) in [4.78, 5) is 14.2. The van der Waals surface area contributed by atoms with E-state index in [0.717, 1.165) is 31.2 Å². The second-order valence-corrected chi connectivity index (χ2v) is 5.78.